The minimum absolute atomic E-state index is 0.0553. The number of piperazine rings is 1. The van der Waals surface area contributed by atoms with Gasteiger partial charge in [0.15, 0.2) is 0 Å². The highest BCUT2D eigenvalue weighted by Gasteiger charge is 2.33. The molecule has 1 atom stereocenters. The number of unbranched alkanes of at least 4 members (excludes halogenated alkanes) is 3. The third-order valence-corrected chi connectivity index (χ3v) is 8.72. The molecule has 0 bridgehead atoms. The van der Waals surface area contributed by atoms with Crippen molar-refractivity contribution in [3.8, 4) is 11.3 Å². The van der Waals surface area contributed by atoms with E-state index in [0.29, 0.717) is 17.3 Å². The quantitative estimate of drug-likeness (QED) is 0.324. The van der Waals surface area contributed by atoms with Crippen molar-refractivity contribution >= 4 is 29.1 Å². The maximum atomic E-state index is 13.4. The van der Waals surface area contributed by atoms with E-state index in [0.717, 1.165) is 108 Å². The van der Waals surface area contributed by atoms with Crippen molar-refractivity contribution in [2.75, 3.05) is 57.8 Å². The number of fused-ring (bicyclic) bond motifs is 1. The lowest BCUT2D eigenvalue weighted by Crippen LogP contribution is -2.45. The van der Waals surface area contributed by atoms with Crippen molar-refractivity contribution in [2.45, 2.75) is 64.5 Å². The minimum atomic E-state index is -0.280. The average Bonchev–Trinajstić information content (AvgIpc) is 3.64. The summed E-state index contributed by atoms with van der Waals surface area (Å²) in [5.74, 6) is 1.46. The zero-order valence-electron chi connectivity index (χ0n) is 24.5. The van der Waals surface area contributed by atoms with Gasteiger partial charge in [0, 0.05) is 68.7 Å². The largest absolute Gasteiger partial charge is 0.354 e. The highest BCUT2D eigenvalue weighted by atomic mass is 35.5. The van der Waals surface area contributed by atoms with E-state index in [2.05, 4.69) is 38.6 Å². The summed E-state index contributed by atoms with van der Waals surface area (Å²) in [6.45, 7) is 9.95. The maximum Gasteiger partial charge on any atom is 0.261 e. The third kappa shape index (κ3) is 7.13. The lowest BCUT2D eigenvalue weighted by molar-refractivity contribution is -0.122. The smallest absolute Gasteiger partial charge is 0.261 e. The first kappa shape index (κ1) is 29.6. The molecule has 2 fully saturated rings. The van der Waals surface area contributed by atoms with Crippen LogP contribution in [0.25, 0.3) is 17.0 Å². The molecule has 5 rings (SSSR count). The number of aromatic nitrogens is 3. The number of hydrogen-bond acceptors (Lipinski definition) is 6. The van der Waals surface area contributed by atoms with Crippen molar-refractivity contribution < 1.29 is 4.79 Å². The molecule has 0 aliphatic carbocycles. The summed E-state index contributed by atoms with van der Waals surface area (Å²) in [6, 6.07) is 8.91. The van der Waals surface area contributed by atoms with Gasteiger partial charge in [-0.2, -0.15) is 0 Å². The predicted molar refractivity (Wildman–Crippen MR) is 166 cm³/mol. The highest BCUT2D eigenvalue weighted by molar-refractivity contribution is 6.30. The molecule has 0 saturated carbocycles. The Balaban J connectivity index is 1.31. The Morgan fingerprint density at radius 2 is 1.78 bits per heavy atom. The number of hydrogen-bond donors (Lipinski definition) is 1. The first-order valence-electron chi connectivity index (χ1n) is 15.3. The Bertz CT molecular complexity index is 1360. The highest BCUT2D eigenvalue weighted by Crippen LogP contribution is 2.28. The van der Waals surface area contributed by atoms with Crippen molar-refractivity contribution in [1.29, 1.82) is 0 Å². The van der Waals surface area contributed by atoms with Crippen molar-refractivity contribution in [2.24, 2.45) is 0 Å². The maximum absolute atomic E-state index is 13.4. The number of rotatable bonds is 12. The monoisotopic (exact) mass is 581 g/mol. The van der Waals surface area contributed by atoms with Crippen LogP contribution in [0.3, 0.4) is 0 Å². The first-order valence-corrected chi connectivity index (χ1v) is 15.7. The van der Waals surface area contributed by atoms with Crippen LogP contribution in [0.5, 0.6) is 0 Å². The van der Waals surface area contributed by atoms with E-state index >= 15 is 0 Å². The normalized spacial score (nSPS) is 18.4. The molecule has 1 aromatic carbocycles. The number of carbonyl (C=O) groups excluding carboxylic acids is 1. The number of nitrogens with one attached hydrogen (secondary N) is 1. The van der Waals surface area contributed by atoms with Gasteiger partial charge in [0.2, 0.25) is 11.7 Å². The molecule has 41 heavy (non-hydrogen) atoms. The summed E-state index contributed by atoms with van der Waals surface area (Å²) < 4.78 is 3.77. The number of imidazole rings is 1. The number of amides is 1. The second-order valence-corrected chi connectivity index (χ2v) is 11.9. The summed E-state index contributed by atoms with van der Waals surface area (Å²) in [6.07, 6.45) is 8.72. The van der Waals surface area contributed by atoms with Crippen LogP contribution in [0.15, 0.2) is 41.3 Å². The van der Waals surface area contributed by atoms with E-state index in [9.17, 15) is 9.59 Å². The molecular formula is C31H44ClN7O2. The van der Waals surface area contributed by atoms with Crippen molar-refractivity contribution in [3.63, 3.8) is 0 Å². The van der Waals surface area contributed by atoms with Gasteiger partial charge in [-0.05, 0) is 57.8 Å². The topological polar surface area (TPSA) is 78.1 Å². The zero-order chi connectivity index (χ0) is 28.8. The Kier molecular flexibility index (Phi) is 10.0. The summed E-state index contributed by atoms with van der Waals surface area (Å²) >= 11 is 6.09. The van der Waals surface area contributed by atoms with E-state index in [1.165, 1.54) is 0 Å². The third-order valence-electron chi connectivity index (χ3n) is 8.47. The number of likely N-dealkylation sites (N-methyl/N-ethyl adjacent to an activating group) is 1. The van der Waals surface area contributed by atoms with E-state index in [1.54, 1.807) is 16.7 Å². The van der Waals surface area contributed by atoms with E-state index < -0.39 is 0 Å². The zero-order valence-corrected chi connectivity index (χ0v) is 25.3. The second kappa shape index (κ2) is 13.9. The van der Waals surface area contributed by atoms with Gasteiger partial charge in [-0.1, -0.05) is 43.5 Å². The molecule has 0 unspecified atom stereocenters. The van der Waals surface area contributed by atoms with Gasteiger partial charge < -0.3 is 20.0 Å². The van der Waals surface area contributed by atoms with Gasteiger partial charge in [0.05, 0.1) is 5.69 Å². The molecular weight excluding hydrogens is 538 g/mol. The molecule has 2 aliphatic heterocycles. The van der Waals surface area contributed by atoms with Crippen LogP contribution in [-0.4, -0.2) is 88.6 Å². The Morgan fingerprint density at radius 1 is 1.02 bits per heavy atom. The molecule has 2 saturated heterocycles. The Hall–Kier alpha value is -2.88. The number of aryl methyl sites for hydroxylation is 1. The van der Waals surface area contributed by atoms with Gasteiger partial charge in [-0.25, -0.2) is 4.98 Å². The fourth-order valence-corrected chi connectivity index (χ4v) is 6.12. The van der Waals surface area contributed by atoms with E-state index in [-0.39, 0.29) is 17.5 Å². The van der Waals surface area contributed by atoms with Crippen LogP contribution in [0.1, 0.15) is 51.9 Å². The number of anilines is 1. The molecule has 2 aromatic heterocycles. The van der Waals surface area contributed by atoms with Crippen LogP contribution in [0.2, 0.25) is 5.02 Å². The molecule has 0 spiro atoms. The van der Waals surface area contributed by atoms with Gasteiger partial charge >= 0.3 is 0 Å². The molecule has 0 radical (unpaired) electrons. The molecule has 3 aromatic rings. The van der Waals surface area contributed by atoms with Gasteiger partial charge in [0.25, 0.3) is 5.56 Å². The summed E-state index contributed by atoms with van der Waals surface area (Å²) in [4.78, 5) is 38.7. The number of halogens is 1. The lowest BCUT2D eigenvalue weighted by Gasteiger charge is -2.32. The molecule has 222 valence electrons. The number of carbonyl (C=O) groups is 1. The van der Waals surface area contributed by atoms with Gasteiger partial charge in [0.1, 0.15) is 11.9 Å². The van der Waals surface area contributed by atoms with E-state index in [1.807, 2.05) is 24.3 Å². The summed E-state index contributed by atoms with van der Waals surface area (Å²) in [7, 11) is 2.18. The second-order valence-electron chi connectivity index (χ2n) is 11.5. The van der Waals surface area contributed by atoms with Gasteiger partial charge in [-0.15, -0.1) is 0 Å². The minimum Gasteiger partial charge on any atom is -0.354 e. The molecule has 1 N–H and O–H groups in total. The van der Waals surface area contributed by atoms with Crippen LogP contribution < -0.4 is 15.8 Å². The SMILES string of the molecule is CCCCCn1c(N2CCC[C@H]2C(=O)NCCCCN2CCN(C)CC2)cc(=O)n2cc(-c3ccc(Cl)cc3)nc12. The van der Waals surface area contributed by atoms with Crippen LogP contribution >= 0.6 is 11.6 Å². The van der Waals surface area contributed by atoms with Crippen molar-refractivity contribution in [1.82, 2.24) is 29.1 Å². The molecule has 9 nitrogen and oxygen atoms in total. The number of nitrogens with zero attached hydrogens (tertiary/aromatic N) is 6. The molecule has 10 heteroatoms. The molecule has 4 heterocycles. The Labute approximate surface area is 248 Å². The lowest BCUT2D eigenvalue weighted by atomic mass is 10.2. The van der Waals surface area contributed by atoms with E-state index in [4.69, 9.17) is 16.6 Å². The summed E-state index contributed by atoms with van der Waals surface area (Å²) in [5.41, 5.74) is 1.50. The fraction of sp³-hybridized carbons (Fsp3) is 0.581. The predicted octanol–water partition coefficient (Wildman–Crippen LogP) is 4.12. The summed E-state index contributed by atoms with van der Waals surface area (Å²) in [5, 5.41) is 3.86. The molecule has 2 aliphatic rings. The molecule has 1 amide bonds. The number of benzene rings is 1. The van der Waals surface area contributed by atoms with Gasteiger partial charge in [-0.3, -0.25) is 18.6 Å². The fourth-order valence-electron chi connectivity index (χ4n) is 5.99. The standard InChI is InChI=1S/C31H44ClN7O2/c1-3-4-6-16-38-28(22-29(40)39-23-26(34-31(38)39)24-10-12-25(32)13-11-24)37-17-8-9-27(37)30(41)33-14-5-7-15-36-20-18-35(2)19-21-36/h10-13,22-23,27H,3-9,14-21H2,1-2H3,(H,33,41)/t27-/m0/s1. The van der Waals surface area contributed by atoms with Crippen LogP contribution in [0.4, 0.5) is 5.82 Å². The van der Waals surface area contributed by atoms with Crippen LogP contribution in [-0.2, 0) is 11.3 Å². The first-order chi connectivity index (χ1) is 19.9. The van der Waals surface area contributed by atoms with Crippen molar-refractivity contribution in [3.05, 3.63) is 51.9 Å². The van der Waals surface area contributed by atoms with Crippen LogP contribution in [0, 0.1) is 0 Å². The average molecular weight is 582 g/mol. The Morgan fingerprint density at radius 3 is 2.54 bits per heavy atom.